The van der Waals surface area contributed by atoms with Crippen LogP contribution in [-0.2, 0) is 23.5 Å². The Hall–Kier alpha value is -2.38. The number of hydrogen-bond donors (Lipinski definition) is 2. The van der Waals surface area contributed by atoms with Crippen molar-refractivity contribution < 1.29 is 4.79 Å². The van der Waals surface area contributed by atoms with Gasteiger partial charge in [-0.2, -0.15) is 0 Å². The highest BCUT2D eigenvalue weighted by Crippen LogP contribution is 2.18. The summed E-state index contributed by atoms with van der Waals surface area (Å²) in [5.74, 6) is 0.558. The highest BCUT2D eigenvalue weighted by atomic mass is 32.2. The molecule has 134 valence electrons. The summed E-state index contributed by atoms with van der Waals surface area (Å²) in [7, 11) is 0. The number of nitrogens with zero attached hydrogens (tertiary/aromatic N) is 1. The molecule has 0 bridgehead atoms. The summed E-state index contributed by atoms with van der Waals surface area (Å²) in [6, 6.07) is 13.5. The van der Waals surface area contributed by atoms with E-state index in [9.17, 15) is 9.59 Å². The largest absolute Gasteiger partial charge is 0.351 e. The Morgan fingerprint density at radius 2 is 2.08 bits per heavy atom. The maximum absolute atomic E-state index is 12.1. The number of benzene rings is 1. The summed E-state index contributed by atoms with van der Waals surface area (Å²) in [4.78, 5) is 32.1. The van der Waals surface area contributed by atoms with Crippen LogP contribution >= 0.6 is 23.1 Å². The van der Waals surface area contributed by atoms with E-state index in [4.69, 9.17) is 0 Å². The lowest BCUT2D eigenvalue weighted by molar-refractivity contribution is -0.120. The number of hydrogen-bond acceptors (Lipinski definition) is 5. The minimum absolute atomic E-state index is 0.0907. The second kappa shape index (κ2) is 8.82. The van der Waals surface area contributed by atoms with Crippen LogP contribution in [0.1, 0.15) is 21.7 Å². The van der Waals surface area contributed by atoms with Crippen molar-refractivity contribution in [3.63, 3.8) is 0 Å². The van der Waals surface area contributed by atoms with Crippen LogP contribution in [0.5, 0.6) is 0 Å². The number of thioether (sulfide) groups is 1. The van der Waals surface area contributed by atoms with Crippen LogP contribution in [0.15, 0.2) is 57.8 Å². The van der Waals surface area contributed by atoms with E-state index in [-0.39, 0.29) is 17.9 Å². The average Bonchev–Trinajstić information content (AvgIpc) is 3.13. The molecular formula is C19H19N3O2S2. The Morgan fingerprint density at radius 1 is 1.27 bits per heavy atom. The van der Waals surface area contributed by atoms with Crippen molar-refractivity contribution in [2.75, 3.05) is 0 Å². The summed E-state index contributed by atoms with van der Waals surface area (Å²) in [6.45, 7) is 2.54. The molecule has 2 heterocycles. The topological polar surface area (TPSA) is 74.8 Å². The van der Waals surface area contributed by atoms with Crippen molar-refractivity contribution in [3.05, 3.63) is 79.9 Å². The standard InChI is InChI=1S/C19H19N3O2S2/c1-13-4-6-14(7-5-13)12-26-19-21-15(10-18(24)22-19)9-17(23)20-11-16-3-2-8-25-16/h2-8,10H,9,11-12H2,1H3,(H,20,23)(H,21,22,24). The van der Waals surface area contributed by atoms with Gasteiger partial charge in [0.05, 0.1) is 18.7 Å². The number of nitrogens with one attached hydrogen (secondary N) is 2. The van der Waals surface area contributed by atoms with Crippen LogP contribution in [-0.4, -0.2) is 15.9 Å². The van der Waals surface area contributed by atoms with Crippen LogP contribution in [0.2, 0.25) is 0 Å². The van der Waals surface area contributed by atoms with Gasteiger partial charge in [-0.3, -0.25) is 9.59 Å². The van der Waals surface area contributed by atoms with E-state index in [0.717, 1.165) is 10.4 Å². The highest BCUT2D eigenvalue weighted by Gasteiger charge is 2.08. The number of thiophene rings is 1. The molecule has 3 rings (SSSR count). The van der Waals surface area contributed by atoms with Gasteiger partial charge in [-0.1, -0.05) is 47.7 Å². The molecule has 5 nitrogen and oxygen atoms in total. The zero-order valence-corrected chi connectivity index (χ0v) is 16.0. The fraction of sp³-hybridized carbons (Fsp3) is 0.211. The fourth-order valence-corrected chi connectivity index (χ4v) is 3.80. The number of aromatic amines is 1. The Bertz CT molecular complexity index is 919. The van der Waals surface area contributed by atoms with Gasteiger partial charge in [0.2, 0.25) is 5.91 Å². The molecule has 0 atom stereocenters. The van der Waals surface area contributed by atoms with Gasteiger partial charge in [-0.15, -0.1) is 11.3 Å². The summed E-state index contributed by atoms with van der Waals surface area (Å²) >= 11 is 3.04. The SMILES string of the molecule is Cc1ccc(CSc2nc(CC(=O)NCc3cccs3)cc(=O)[nH]2)cc1. The summed E-state index contributed by atoms with van der Waals surface area (Å²) in [5.41, 5.74) is 2.60. The van der Waals surface area contributed by atoms with Crippen LogP contribution in [0.25, 0.3) is 0 Å². The van der Waals surface area contributed by atoms with Crippen LogP contribution < -0.4 is 10.9 Å². The first kappa shape index (κ1) is 18.4. The molecule has 0 aliphatic carbocycles. The van der Waals surface area contributed by atoms with E-state index in [1.807, 2.05) is 24.4 Å². The molecule has 0 saturated carbocycles. The third-order valence-corrected chi connectivity index (χ3v) is 5.47. The Balaban J connectivity index is 1.58. The molecule has 0 unspecified atom stereocenters. The van der Waals surface area contributed by atoms with Crippen LogP contribution in [0.4, 0.5) is 0 Å². The van der Waals surface area contributed by atoms with Gasteiger partial charge < -0.3 is 10.3 Å². The Labute approximate surface area is 159 Å². The highest BCUT2D eigenvalue weighted by molar-refractivity contribution is 7.98. The lowest BCUT2D eigenvalue weighted by atomic mass is 10.2. The number of rotatable bonds is 7. The minimum Gasteiger partial charge on any atom is -0.351 e. The predicted molar refractivity (Wildman–Crippen MR) is 105 cm³/mol. The molecule has 0 fully saturated rings. The van der Waals surface area contributed by atoms with Gasteiger partial charge in [0, 0.05) is 16.7 Å². The number of amides is 1. The van der Waals surface area contributed by atoms with Gasteiger partial charge in [0.25, 0.3) is 5.56 Å². The van der Waals surface area contributed by atoms with Crippen molar-refractivity contribution in [2.45, 2.75) is 30.8 Å². The molecule has 0 aliphatic heterocycles. The molecule has 2 N–H and O–H groups in total. The van der Waals surface area contributed by atoms with Crippen molar-refractivity contribution in [3.8, 4) is 0 Å². The molecule has 0 radical (unpaired) electrons. The van der Waals surface area contributed by atoms with E-state index in [1.165, 1.54) is 23.4 Å². The van der Waals surface area contributed by atoms with E-state index in [2.05, 4.69) is 39.6 Å². The van der Waals surface area contributed by atoms with Crippen molar-refractivity contribution >= 4 is 29.0 Å². The Kier molecular flexibility index (Phi) is 6.25. The van der Waals surface area contributed by atoms with Crippen LogP contribution in [0, 0.1) is 6.92 Å². The van der Waals surface area contributed by atoms with Gasteiger partial charge in [-0.25, -0.2) is 4.98 Å². The van der Waals surface area contributed by atoms with E-state index >= 15 is 0 Å². The maximum atomic E-state index is 12.1. The van der Waals surface area contributed by atoms with Crippen molar-refractivity contribution in [1.82, 2.24) is 15.3 Å². The second-order valence-electron chi connectivity index (χ2n) is 5.85. The number of aryl methyl sites for hydroxylation is 1. The third-order valence-electron chi connectivity index (χ3n) is 3.65. The molecule has 7 heteroatoms. The lowest BCUT2D eigenvalue weighted by Gasteiger charge is -2.06. The number of carbonyl (C=O) groups is 1. The quantitative estimate of drug-likeness (QED) is 0.483. The fourth-order valence-electron chi connectivity index (χ4n) is 2.30. The molecule has 26 heavy (non-hydrogen) atoms. The maximum Gasteiger partial charge on any atom is 0.251 e. The first-order chi connectivity index (χ1) is 12.6. The molecule has 2 aromatic heterocycles. The molecule has 0 spiro atoms. The van der Waals surface area contributed by atoms with Crippen molar-refractivity contribution in [2.24, 2.45) is 0 Å². The summed E-state index contributed by atoms with van der Waals surface area (Å²) in [5, 5.41) is 5.34. The number of H-pyrrole nitrogens is 1. The normalized spacial score (nSPS) is 10.7. The van der Waals surface area contributed by atoms with Gasteiger partial charge in [0.1, 0.15) is 0 Å². The summed E-state index contributed by atoms with van der Waals surface area (Å²) < 4.78 is 0. The summed E-state index contributed by atoms with van der Waals surface area (Å²) in [6.07, 6.45) is 0.0907. The smallest absolute Gasteiger partial charge is 0.251 e. The third kappa shape index (κ3) is 5.57. The zero-order valence-electron chi connectivity index (χ0n) is 14.3. The lowest BCUT2D eigenvalue weighted by Crippen LogP contribution is -2.25. The minimum atomic E-state index is -0.243. The average molecular weight is 386 g/mol. The molecule has 3 aromatic rings. The second-order valence-corrected chi connectivity index (χ2v) is 7.85. The van der Waals surface area contributed by atoms with Gasteiger partial charge in [0.15, 0.2) is 5.16 Å². The molecule has 0 saturated heterocycles. The monoisotopic (exact) mass is 385 g/mol. The van der Waals surface area contributed by atoms with Crippen LogP contribution in [0.3, 0.4) is 0 Å². The van der Waals surface area contributed by atoms with E-state index in [1.54, 1.807) is 11.3 Å². The zero-order chi connectivity index (χ0) is 18.4. The molecule has 1 aromatic carbocycles. The van der Waals surface area contributed by atoms with E-state index < -0.39 is 0 Å². The van der Waals surface area contributed by atoms with Crippen molar-refractivity contribution in [1.29, 1.82) is 0 Å². The number of carbonyl (C=O) groups excluding carboxylic acids is 1. The molecule has 0 aliphatic rings. The molecule has 1 amide bonds. The molecular weight excluding hydrogens is 366 g/mol. The number of aromatic nitrogens is 2. The Morgan fingerprint density at radius 3 is 2.81 bits per heavy atom. The van der Waals surface area contributed by atoms with E-state index in [0.29, 0.717) is 23.1 Å². The predicted octanol–water partition coefficient (Wildman–Crippen LogP) is 3.29. The van der Waals surface area contributed by atoms with Gasteiger partial charge >= 0.3 is 0 Å². The van der Waals surface area contributed by atoms with Gasteiger partial charge in [-0.05, 0) is 23.9 Å². The first-order valence-corrected chi connectivity index (χ1v) is 10.0. The first-order valence-electron chi connectivity index (χ1n) is 8.16.